The van der Waals surface area contributed by atoms with Gasteiger partial charge in [0.25, 0.3) is 0 Å². The van der Waals surface area contributed by atoms with Crippen molar-refractivity contribution in [1.29, 1.82) is 0 Å². The van der Waals surface area contributed by atoms with Crippen molar-refractivity contribution in [2.75, 3.05) is 6.54 Å². The Kier molecular flexibility index (Phi) is 4.10. The maximum absolute atomic E-state index is 12.5. The zero-order chi connectivity index (χ0) is 18.4. The number of hydrogen-bond acceptors (Lipinski definition) is 3. The minimum absolute atomic E-state index is 0.120. The Morgan fingerprint density at radius 1 is 1.36 bits per heavy atom. The van der Waals surface area contributed by atoms with Gasteiger partial charge in [0.2, 0.25) is 0 Å². The fraction of sp³-hybridized carbons (Fsp3) is 0.444. The number of carbonyl (C=O) groups is 2. The van der Waals surface area contributed by atoms with E-state index in [1.165, 1.54) is 4.90 Å². The standard InChI is InChI=1S/C18H23N3O4/c1-4-7-20-17(25)21(18(20,2)3)15(16(23)24)8-11-10-19-14-6-5-12(22)9-13(11)14/h5-6,9-10,15,19,22H,4,7-8H2,1-3H3,(H,23,24)/t15-/m0/s1. The Balaban J connectivity index is 1.91. The van der Waals surface area contributed by atoms with Gasteiger partial charge in [0.15, 0.2) is 0 Å². The Labute approximate surface area is 145 Å². The summed E-state index contributed by atoms with van der Waals surface area (Å²) >= 11 is 0. The second-order valence-electron chi connectivity index (χ2n) is 6.90. The summed E-state index contributed by atoms with van der Waals surface area (Å²) in [6.07, 6.45) is 2.73. The Hall–Kier alpha value is -2.70. The number of nitrogens with one attached hydrogen (secondary N) is 1. The third-order valence-electron chi connectivity index (χ3n) is 4.90. The molecule has 0 aliphatic carbocycles. The largest absolute Gasteiger partial charge is 0.508 e. The number of aromatic nitrogens is 1. The van der Waals surface area contributed by atoms with Crippen LogP contribution in [0.2, 0.25) is 0 Å². The van der Waals surface area contributed by atoms with Gasteiger partial charge in [-0.05, 0) is 44.0 Å². The molecule has 0 unspecified atom stereocenters. The highest BCUT2D eigenvalue weighted by Gasteiger charge is 2.55. The first-order chi connectivity index (χ1) is 11.8. The fourth-order valence-electron chi connectivity index (χ4n) is 3.62. The Morgan fingerprint density at radius 3 is 2.68 bits per heavy atom. The third-order valence-corrected chi connectivity index (χ3v) is 4.90. The van der Waals surface area contributed by atoms with Crippen molar-refractivity contribution in [2.24, 2.45) is 0 Å². The average molecular weight is 345 g/mol. The normalized spacial score (nSPS) is 17.6. The predicted octanol–water partition coefficient (Wildman–Crippen LogP) is 2.75. The average Bonchev–Trinajstić information content (AvgIpc) is 2.93. The number of aliphatic carboxylic acids is 1. The third kappa shape index (κ3) is 2.69. The zero-order valence-corrected chi connectivity index (χ0v) is 14.6. The number of rotatable bonds is 6. The quantitative estimate of drug-likeness (QED) is 0.750. The fourth-order valence-corrected chi connectivity index (χ4v) is 3.62. The van der Waals surface area contributed by atoms with Crippen LogP contribution in [0.4, 0.5) is 4.79 Å². The number of H-pyrrole nitrogens is 1. The molecule has 25 heavy (non-hydrogen) atoms. The molecule has 1 aliphatic rings. The van der Waals surface area contributed by atoms with Crippen LogP contribution in [0.1, 0.15) is 32.8 Å². The number of carboxylic acids is 1. The molecule has 7 nitrogen and oxygen atoms in total. The Bertz CT molecular complexity index is 827. The molecule has 1 atom stereocenters. The van der Waals surface area contributed by atoms with Crippen LogP contribution in [-0.4, -0.2) is 55.2 Å². The maximum atomic E-state index is 12.5. The molecule has 1 saturated heterocycles. The molecule has 2 amide bonds. The molecule has 134 valence electrons. The molecule has 3 N–H and O–H groups in total. The smallest absolute Gasteiger partial charge is 0.326 e. The van der Waals surface area contributed by atoms with Gasteiger partial charge in [0, 0.05) is 30.1 Å². The van der Waals surface area contributed by atoms with Crippen molar-refractivity contribution in [3.05, 3.63) is 30.0 Å². The van der Waals surface area contributed by atoms with Crippen molar-refractivity contribution in [3.63, 3.8) is 0 Å². The summed E-state index contributed by atoms with van der Waals surface area (Å²) in [4.78, 5) is 30.6. The summed E-state index contributed by atoms with van der Waals surface area (Å²) in [7, 11) is 0. The molecule has 7 heteroatoms. The summed E-state index contributed by atoms with van der Waals surface area (Å²) in [6.45, 7) is 6.32. The summed E-state index contributed by atoms with van der Waals surface area (Å²) in [5, 5.41) is 20.2. The molecule has 0 bridgehead atoms. The van der Waals surface area contributed by atoms with Gasteiger partial charge in [-0.15, -0.1) is 0 Å². The number of amides is 2. The molecule has 1 aromatic heterocycles. The number of fused-ring (bicyclic) bond motifs is 1. The van der Waals surface area contributed by atoms with Crippen molar-refractivity contribution in [2.45, 2.75) is 45.3 Å². The van der Waals surface area contributed by atoms with Gasteiger partial charge in [0.1, 0.15) is 17.5 Å². The van der Waals surface area contributed by atoms with Crippen LogP contribution >= 0.6 is 0 Å². The van der Waals surface area contributed by atoms with Crippen molar-refractivity contribution >= 4 is 22.9 Å². The van der Waals surface area contributed by atoms with Crippen LogP contribution in [0.5, 0.6) is 5.75 Å². The second-order valence-corrected chi connectivity index (χ2v) is 6.90. The van der Waals surface area contributed by atoms with Crippen molar-refractivity contribution in [3.8, 4) is 5.75 Å². The molecule has 3 rings (SSSR count). The first-order valence-corrected chi connectivity index (χ1v) is 8.40. The van der Waals surface area contributed by atoms with E-state index in [1.807, 2.05) is 20.8 Å². The molecule has 2 heterocycles. The highest BCUT2D eigenvalue weighted by Crippen LogP contribution is 2.36. The molecule has 0 spiro atoms. The van der Waals surface area contributed by atoms with Crippen LogP contribution in [0.3, 0.4) is 0 Å². The molecule has 1 aromatic carbocycles. The van der Waals surface area contributed by atoms with E-state index in [2.05, 4.69) is 4.98 Å². The summed E-state index contributed by atoms with van der Waals surface area (Å²) in [6, 6.07) is 3.71. The van der Waals surface area contributed by atoms with Crippen LogP contribution in [0.15, 0.2) is 24.4 Å². The number of benzene rings is 1. The molecule has 2 aromatic rings. The number of hydrogen-bond donors (Lipinski definition) is 3. The number of carbonyl (C=O) groups excluding carboxylic acids is 1. The molecule has 0 saturated carbocycles. The van der Waals surface area contributed by atoms with Gasteiger partial charge in [-0.1, -0.05) is 6.92 Å². The first kappa shape index (κ1) is 17.1. The first-order valence-electron chi connectivity index (χ1n) is 8.40. The van der Waals surface area contributed by atoms with E-state index < -0.39 is 17.7 Å². The summed E-state index contributed by atoms with van der Waals surface area (Å²) < 4.78 is 0. The summed E-state index contributed by atoms with van der Waals surface area (Å²) in [5.41, 5.74) is 0.944. The van der Waals surface area contributed by atoms with Crippen molar-refractivity contribution < 1.29 is 19.8 Å². The number of aromatic hydroxyl groups is 1. The highest BCUT2D eigenvalue weighted by molar-refractivity contribution is 5.90. The van der Waals surface area contributed by atoms with E-state index in [0.29, 0.717) is 6.54 Å². The zero-order valence-electron chi connectivity index (χ0n) is 14.6. The van der Waals surface area contributed by atoms with Crippen LogP contribution in [0.25, 0.3) is 10.9 Å². The van der Waals surface area contributed by atoms with Gasteiger partial charge in [0.05, 0.1) is 0 Å². The predicted molar refractivity (Wildman–Crippen MR) is 93.4 cm³/mol. The number of carboxylic acid groups (broad SMARTS) is 1. The van der Waals surface area contributed by atoms with Crippen LogP contribution in [0, 0.1) is 0 Å². The molecular formula is C18H23N3O4. The van der Waals surface area contributed by atoms with E-state index in [-0.39, 0.29) is 18.2 Å². The SMILES string of the molecule is CCCN1C(=O)N([C@@H](Cc2c[nH]c3ccc(O)cc23)C(=O)O)C1(C)C. The lowest BCUT2D eigenvalue weighted by molar-refractivity contribution is -0.155. The second kappa shape index (κ2) is 5.98. The van der Waals surface area contributed by atoms with E-state index in [0.717, 1.165) is 22.9 Å². The number of urea groups is 1. The molecule has 0 radical (unpaired) electrons. The van der Waals surface area contributed by atoms with Crippen LogP contribution < -0.4 is 0 Å². The van der Waals surface area contributed by atoms with Crippen molar-refractivity contribution in [1.82, 2.24) is 14.8 Å². The van der Waals surface area contributed by atoms with E-state index >= 15 is 0 Å². The monoisotopic (exact) mass is 345 g/mol. The highest BCUT2D eigenvalue weighted by atomic mass is 16.4. The lowest BCUT2D eigenvalue weighted by atomic mass is 9.96. The number of phenolic OH excluding ortho intramolecular Hbond substituents is 1. The van der Waals surface area contributed by atoms with Gasteiger partial charge in [-0.3, -0.25) is 4.90 Å². The molecule has 1 fully saturated rings. The molecular weight excluding hydrogens is 322 g/mol. The topological polar surface area (TPSA) is 96.9 Å². The minimum Gasteiger partial charge on any atom is -0.508 e. The van der Waals surface area contributed by atoms with Gasteiger partial charge in [-0.2, -0.15) is 0 Å². The molecule has 1 aliphatic heterocycles. The number of aromatic amines is 1. The van der Waals surface area contributed by atoms with Gasteiger partial charge in [-0.25, -0.2) is 9.59 Å². The summed E-state index contributed by atoms with van der Waals surface area (Å²) in [5.74, 6) is -0.915. The Morgan fingerprint density at radius 2 is 2.08 bits per heavy atom. The van der Waals surface area contributed by atoms with Crippen LogP contribution in [-0.2, 0) is 11.2 Å². The number of phenols is 1. The van der Waals surface area contributed by atoms with E-state index in [4.69, 9.17) is 0 Å². The maximum Gasteiger partial charge on any atom is 0.326 e. The lowest BCUT2D eigenvalue weighted by Crippen LogP contribution is -2.77. The number of nitrogens with zero attached hydrogens (tertiary/aromatic N) is 2. The van der Waals surface area contributed by atoms with E-state index in [1.54, 1.807) is 29.3 Å². The van der Waals surface area contributed by atoms with Gasteiger partial charge >= 0.3 is 12.0 Å². The van der Waals surface area contributed by atoms with E-state index in [9.17, 15) is 19.8 Å². The minimum atomic E-state index is -1.04. The van der Waals surface area contributed by atoms with Gasteiger partial charge < -0.3 is 20.1 Å². The lowest BCUT2D eigenvalue weighted by Gasteiger charge is -2.59.